The fourth-order valence-electron chi connectivity index (χ4n) is 29.7. The molecule has 0 heterocycles. The van der Waals surface area contributed by atoms with Crippen LogP contribution >= 0.6 is 0 Å². The summed E-state index contributed by atoms with van der Waals surface area (Å²) in [6.45, 7) is 47.8. The van der Waals surface area contributed by atoms with Gasteiger partial charge in [-0.1, -0.05) is 380 Å². The van der Waals surface area contributed by atoms with E-state index in [9.17, 15) is 0 Å². The topological polar surface area (TPSA) is 0 Å². The summed E-state index contributed by atoms with van der Waals surface area (Å²) in [5, 5.41) is 0. The third-order valence-electron chi connectivity index (χ3n) is 38.7. The molecule has 16 aliphatic rings. The Bertz CT molecular complexity index is 2910. The maximum Gasteiger partial charge on any atom is -0.0136 e. The summed E-state index contributed by atoms with van der Waals surface area (Å²) < 4.78 is 0. The van der Waals surface area contributed by atoms with Gasteiger partial charge < -0.3 is 0 Å². The van der Waals surface area contributed by atoms with Crippen LogP contribution in [0, 0.1) is 171 Å². The first-order chi connectivity index (χ1) is 58.2. The molecule has 4 bridgehead atoms. The first-order valence-electron chi connectivity index (χ1n) is 56.3. The van der Waals surface area contributed by atoms with Crippen LogP contribution in [-0.2, 0) is 19.3 Å². The van der Waals surface area contributed by atoms with Gasteiger partial charge in [-0.3, -0.25) is 0 Å². The van der Waals surface area contributed by atoms with Crippen LogP contribution in [0.4, 0.5) is 0 Å². The fourth-order valence-corrected chi connectivity index (χ4v) is 29.7. The van der Waals surface area contributed by atoms with Crippen LogP contribution in [0.3, 0.4) is 0 Å². The third-order valence-corrected chi connectivity index (χ3v) is 38.7. The normalized spacial score (nSPS) is 31.9. The van der Waals surface area contributed by atoms with E-state index >= 15 is 0 Å². The molecule has 18 rings (SSSR count). The van der Waals surface area contributed by atoms with Crippen LogP contribution in [0.2, 0.25) is 0 Å². The molecule has 698 valence electrons. The molecule has 0 amide bonds. The van der Waals surface area contributed by atoms with Crippen molar-refractivity contribution in [2.45, 2.75) is 523 Å². The highest BCUT2D eigenvalue weighted by Crippen LogP contribution is 2.55. The van der Waals surface area contributed by atoms with Crippen LogP contribution in [0.5, 0.6) is 0 Å². The van der Waals surface area contributed by atoms with E-state index in [2.05, 4.69) is 187 Å². The SMILES string of the molecule is CC(C)C1CC2CCC(C2)C1.CC(C)C1CC2CCC1C2.CC(C)C1CCC2(CCCC2)CC1.CC(C)C1CCC2(CCCCC2)CC1.CC(C)C1CCC2CCCCC2C1.CC(C)C1CCCC2CCCCC21.CC(C)C1CCCCCC1.CC(C)C1CCCCCCC1.CC(C)C1CCCc2ccccc21.CC(C)C1CCc2ccccc2C1. The Morgan fingerprint density at radius 1 is 0.215 bits per heavy atom. The highest BCUT2D eigenvalue weighted by Gasteiger charge is 2.43. The van der Waals surface area contributed by atoms with E-state index in [-0.39, 0.29) is 0 Å². The van der Waals surface area contributed by atoms with Crippen molar-refractivity contribution in [3.63, 3.8) is 0 Å². The minimum absolute atomic E-state index is 0.793. The molecule has 0 nitrogen and oxygen atoms in total. The van der Waals surface area contributed by atoms with Gasteiger partial charge >= 0.3 is 0 Å². The summed E-state index contributed by atoms with van der Waals surface area (Å²) in [5.74, 6) is 28.3. The standard InChI is InChI=1S/C14H26.2C13H24.C13H18.C13H24.C13H18.C11H20.C11H22.C10H18.C10H20/c1-12(2)13-6-10-14(11-7-13)8-4-3-5-9-14;1-11(2)12-5-9-13(10-6-12)7-3-4-8-13;2*1-10(2)12-9-5-7-11-6-3-4-8-13(11)12;2*1-10(2)12-8-7-11-5-3-4-6-13(11)9-12;1-8(2)11-6-9-3-4-10(5-9)7-11;1-10(2)11-8-6-4-3-5-7-9-11;1-7(2)10-6-8-3-4-9(10)5-8;1-9(2)10-7-5-3-4-6-8-10/h12-13H,3-11H2,1-2H3;11-12H,3-10H2,1-2H3;10-13H,3-9H2,1-2H3;3-4,6,8,10,12H,5,7,9H2,1-2H3;10-13H,3-9H2,1-2H3;3-6,10,12H,7-9H2,1-2H3;8-11H,3-7H2,1-2H3;10-11H,3-9H2,1-2H3;7-10H,3-6H2,1-2H3;9-10H,3-8H2,1-2H3. The quantitative estimate of drug-likeness (QED) is 0.208. The van der Waals surface area contributed by atoms with Crippen LogP contribution < -0.4 is 0 Å². The summed E-state index contributed by atoms with van der Waals surface area (Å²) >= 11 is 0. The van der Waals surface area contributed by atoms with Gasteiger partial charge in [0.05, 0.1) is 0 Å². The molecule has 16 aliphatic carbocycles. The Hall–Kier alpha value is -1.56. The summed E-state index contributed by atoms with van der Waals surface area (Å²) in [7, 11) is 0. The number of benzene rings is 2. The van der Waals surface area contributed by atoms with Crippen LogP contribution in [-0.4, -0.2) is 0 Å². The molecule has 0 aliphatic heterocycles. The molecule has 0 aromatic heterocycles. The van der Waals surface area contributed by atoms with Crippen molar-refractivity contribution in [3.05, 3.63) is 70.8 Å². The number of aryl methyl sites for hydroxylation is 2. The summed E-state index contributed by atoms with van der Waals surface area (Å²) in [6.07, 6.45) is 89.0. The monoisotopic (exact) mass is 1670 g/mol. The minimum Gasteiger partial charge on any atom is -0.0625 e. The lowest BCUT2D eigenvalue weighted by molar-refractivity contribution is 0.0747. The molecule has 14 fully saturated rings. The average Bonchev–Trinajstić information content (AvgIpc) is 1.71. The largest absolute Gasteiger partial charge is 0.0625 e. The van der Waals surface area contributed by atoms with Crippen molar-refractivity contribution >= 4 is 0 Å². The van der Waals surface area contributed by atoms with Gasteiger partial charge in [0.15, 0.2) is 0 Å². The van der Waals surface area contributed by atoms with Crippen molar-refractivity contribution in [3.8, 4) is 0 Å². The average molecular weight is 1670 g/mol. The van der Waals surface area contributed by atoms with Gasteiger partial charge in [-0.05, 0) is 385 Å². The highest BCUT2D eigenvalue weighted by atomic mass is 14.5. The Morgan fingerprint density at radius 2 is 0.620 bits per heavy atom. The van der Waals surface area contributed by atoms with Gasteiger partial charge in [0.2, 0.25) is 0 Å². The Balaban J connectivity index is 0.000000153. The van der Waals surface area contributed by atoms with Crippen molar-refractivity contribution in [2.75, 3.05) is 0 Å². The van der Waals surface area contributed by atoms with E-state index in [1.807, 2.05) is 0 Å². The molecule has 13 atom stereocenters. The molecule has 0 N–H and O–H groups in total. The van der Waals surface area contributed by atoms with Gasteiger partial charge in [0.25, 0.3) is 0 Å². The number of hydrogen-bond donors (Lipinski definition) is 0. The maximum atomic E-state index is 2.43. The van der Waals surface area contributed by atoms with Crippen molar-refractivity contribution in [2.24, 2.45) is 171 Å². The second-order valence-corrected chi connectivity index (χ2v) is 50.0. The summed E-state index contributed by atoms with van der Waals surface area (Å²) in [5.41, 5.74) is 8.04. The molecule has 121 heavy (non-hydrogen) atoms. The van der Waals surface area contributed by atoms with Crippen LogP contribution in [0.1, 0.15) is 526 Å². The zero-order chi connectivity index (χ0) is 86.9. The highest BCUT2D eigenvalue weighted by molar-refractivity contribution is 5.33. The van der Waals surface area contributed by atoms with Crippen molar-refractivity contribution in [1.82, 2.24) is 0 Å². The van der Waals surface area contributed by atoms with Crippen LogP contribution in [0.15, 0.2) is 48.5 Å². The summed E-state index contributed by atoms with van der Waals surface area (Å²) in [6, 6.07) is 17.9. The van der Waals surface area contributed by atoms with Gasteiger partial charge in [-0.2, -0.15) is 0 Å². The first kappa shape index (κ1) is 103. The van der Waals surface area contributed by atoms with E-state index < -0.39 is 0 Å². The zero-order valence-corrected chi connectivity index (χ0v) is 85.5. The van der Waals surface area contributed by atoms with Gasteiger partial charge in [0.1, 0.15) is 0 Å². The number of fused-ring (bicyclic) bond motifs is 8. The molecule has 14 saturated carbocycles. The molecule has 13 unspecified atom stereocenters. The van der Waals surface area contributed by atoms with Gasteiger partial charge in [-0.25, -0.2) is 0 Å². The first-order valence-corrected chi connectivity index (χ1v) is 56.3. The zero-order valence-electron chi connectivity index (χ0n) is 85.5. The van der Waals surface area contributed by atoms with Crippen molar-refractivity contribution < 1.29 is 0 Å². The third kappa shape index (κ3) is 34.3. The molecule has 0 saturated heterocycles. The predicted octanol–water partition coefficient (Wildman–Crippen LogP) is 39.0. The van der Waals surface area contributed by atoms with E-state index in [0.717, 1.165) is 177 Å². The minimum atomic E-state index is 0.793. The molecule has 2 spiro atoms. The molecule has 2 aromatic rings. The lowest BCUT2D eigenvalue weighted by atomic mass is 9.62. The molecule has 0 radical (unpaired) electrons. The van der Waals surface area contributed by atoms with E-state index in [4.69, 9.17) is 0 Å². The molecule has 2 aromatic carbocycles. The van der Waals surface area contributed by atoms with Gasteiger partial charge in [-0.15, -0.1) is 0 Å². The lowest BCUT2D eigenvalue weighted by Gasteiger charge is -2.44. The lowest BCUT2D eigenvalue weighted by Crippen LogP contribution is -2.33. The van der Waals surface area contributed by atoms with E-state index in [1.54, 1.807) is 176 Å². The Labute approximate surface area is 759 Å². The summed E-state index contributed by atoms with van der Waals surface area (Å²) in [4.78, 5) is 0. The van der Waals surface area contributed by atoms with E-state index in [0.29, 0.717) is 0 Å². The fraction of sp³-hybridized carbons (Fsp3) is 0.901. The Kier molecular flexibility index (Phi) is 46.3. The molecular weight excluding hydrogens is 1450 g/mol. The number of hydrogen-bond acceptors (Lipinski definition) is 0. The van der Waals surface area contributed by atoms with Gasteiger partial charge in [0, 0.05) is 0 Å². The van der Waals surface area contributed by atoms with Crippen LogP contribution in [0.25, 0.3) is 0 Å². The number of rotatable bonds is 10. The Morgan fingerprint density at radius 3 is 1.09 bits per heavy atom. The molecule has 0 heteroatoms. The van der Waals surface area contributed by atoms with Crippen molar-refractivity contribution in [1.29, 1.82) is 0 Å². The maximum absolute atomic E-state index is 2.43. The molecular formula is C121H214. The van der Waals surface area contributed by atoms with E-state index in [1.165, 1.54) is 225 Å². The smallest absolute Gasteiger partial charge is 0.0136 e. The predicted molar refractivity (Wildman–Crippen MR) is 538 cm³/mol. The second-order valence-electron chi connectivity index (χ2n) is 50.0. The second kappa shape index (κ2) is 54.3.